The second kappa shape index (κ2) is 5.15. The van der Waals surface area contributed by atoms with Crippen molar-refractivity contribution in [3.63, 3.8) is 0 Å². The van der Waals surface area contributed by atoms with Gasteiger partial charge in [0.15, 0.2) is 0 Å². The fourth-order valence-corrected chi connectivity index (χ4v) is 2.83. The van der Waals surface area contributed by atoms with Crippen LogP contribution in [0.15, 0.2) is 11.6 Å². The fourth-order valence-electron chi connectivity index (χ4n) is 2.75. The third-order valence-electron chi connectivity index (χ3n) is 3.41. The van der Waals surface area contributed by atoms with Crippen molar-refractivity contribution >= 4 is 11.6 Å². The van der Waals surface area contributed by atoms with Crippen molar-refractivity contribution < 1.29 is 0 Å². The van der Waals surface area contributed by atoms with Gasteiger partial charge in [0.25, 0.3) is 0 Å². The molecule has 0 spiro atoms. The summed E-state index contributed by atoms with van der Waals surface area (Å²) < 4.78 is 0. The Morgan fingerprint density at radius 2 is 2.29 bits per heavy atom. The third-order valence-corrected chi connectivity index (χ3v) is 3.58. The highest BCUT2D eigenvalue weighted by Gasteiger charge is 2.32. The van der Waals surface area contributed by atoms with Crippen molar-refractivity contribution in [2.75, 3.05) is 19.6 Å². The number of likely N-dealkylation sites (tertiary alicyclic amines) is 1. The van der Waals surface area contributed by atoms with E-state index in [4.69, 9.17) is 11.6 Å². The summed E-state index contributed by atoms with van der Waals surface area (Å²) in [6.07, 6.45) is 7.45. The molecule has 0 amide bonds. The molecule has 1 N–H and O–H groups in total. The minimum absolute atomic E-state index is 0.737. The molecule has 0 aliphatic carbocycles. The van der Waals surface area contributed by atoms with Crippen LogP contribution in [0.1, 0.15) is 25.7 Å². The van der Waals surface area contributed by atoms with Crippen LogP contribution in [0, 0.1) is 0 Å². The average Bonchev–Trinajstić information content (AvgIpc) is 2.84. The molecule has 0 aromatic rings. The highest BCUT2D eigenvalue weighted by molar-refractivity contribution is 6.25. The summed E-state index contributed by atoms with van der Waals surface area (Å²) in [7, 11) is 0. The van der Waals surface area contributed by atoms with E-state index in [0.29, 0.717) is 0 Å². The molecule has 2 saturated heterocycles. The van der Waals surface area contributed by atoms with Crippen LogP contribution in [0.4, 0.5) is 0 Å². The summed E-state index contributed by atoms with van der Waals surface area (Å²) in [6.45, 7) is 3.47. The number of nitrogens with zero attached hydrogens (tertiary/aromatic N) is 1. The lowest BCUT2D eigenvalue weighted by Gasteiger charge is -2.28. The van der Waals surface area contributed by atoms with E-state index < -0.39 is 0 Å². The van der Waals surface area contributed by atoms with Gasteiger partial charge in [-0.15, -0.1) is 0 Å². The van der Waals surface area contributed by atoms with Gasteiger partial charge in [-0.05, 0) is 38.8 Å². The van der Waals surface area contributed by atoms with Crippen molar-refractivity contribution in [3.05, 3.63) is 11.6 Å². The van der Waals surface area contributed by atoms with Crippen molar-refractivity contribution in [2.24, 2.45) is 0 Å². The maximum atomic E-state index is 5.56. The molecule has 0 aromatic carbocycles. The van der Waals surface area contributed by atoms with E-state index in [-0.39, 0.29) is 0 Å². The average molecular weight is 215 g/mol. The van der Waals surface area contributed by atoms with Gasteiger partial charge in [0.2, 0.25) is 0 Å². The second-order valence-electron chi connectivity index (χ2n) is 4.27. The molecular weight excluding hydrogens is 196 g/mol. The summed E-state index contributed by atoms with van der Waals surface area (Å²) in [6, 6.07) is 1.49. The summed E-state index contributed by atoms with van der Waals surface area (Å²) in [5, 5.41) is 3.61. The van der Waals surface area contributed by atoms with E-state index in [1.54, 1.807) is 5.54 Å². The fraction of sp³-hybridized carbons (Fsp3) is 0.818. The van der Waals surface area contributed by atoms with E-state index in [1.807, 2.05) is 0 Å². The molecule has 2 heterocycles. The van der Waals surface area contributed by atoms with Gasteiger partial charge < -0.3 is 5.32 Å². The first-order valence-electron chi connectivity index (χ1n) is 5.64. The first kappa shape index (κ1) is 10.5. The maximum Gasteiger partial charge on any atom is 0.0253 e. The summed E-state index contributed by atoms with van der Waals surface area (Å²) in [5.74, 6) is 0. The van der Waals surface area contributed by atoms with Gasteiger partial charge in [0, 0.05) is 24.2 Å². The van der Waals surface area contributed by atoms with Gasteiger partial charge in [0.1, 0.15) is 0 Å². The van der Waals surface area contributed by atoms with E-state index >= 15 is 0 Å². The SMILES string of the molecule is Cl/C=C/CN1CCCC1C1CCCN1. The third kappa shape index (κ3) is 2.30. The van der Waals surface area contributed by atoms with Crippen molar-refractivity contribution in [1.82, 2.24) is 10.2 Å². The van der Waals surface area contributed by atoms with Gasteiger partial charge in [-0.1, -0.05) is 17.7 Å². The first-order chi connectivity index (χ1) is 6.92. The van der Waals surface area contributed by atoms with E-state index in [0.717, 1.165) is 18.6 Å². The first-order valence-corrected chi connectivity index (χ1v) is 6.08. The Bertz CT molecular complexity index is 199. The molecule has 80 valence electrons. The molecule has 3 heteroatoms. The molecule has 2 fully saturated rings. The normalized spacial score (nSPS) is 34.6. The van der Waals surface area contributed by atoms with Crippen LogP contribution in [-0.2, 0) is 0 Å². The maximum absolute atomic E-state index is 5.56. The van der Waals surface area contributed by atoms with Crippen LogP contribution < -0.4 is 5.32 Å². The van der Waals surface area contributed by atoms with Crippen LogP contribution in [0.3, 0.4) is 0 Å². The van der Waals surface area contributed by atoms with Crippen LogP contribution in [-0.4, -0.2) is 36.6 Å². The van der Waals surface area contributed by atoms with Crippen LogP contribution in [0.25, 0.3) is 0 Å². The number of nitrogens with one attached hydrogen (secondary N) is 1. The predicted octanol–water partition coefficient (Wildman–Crippen LogP) is 1.96. The minimum atomic E-state index is 0.737. The number of hydrogen-bond acceptors (Lipinski definition) is 2. The summed E-state index contributed by atoms with van der Waals surface area (Å²) in [5.41, 5.74) is 1.64. The zero-order chi connectivity index (χ0) is 9.80. The number of hydrogen-bond donors (Lipinski definition) is 1. The largest absolute Gasteiger partial charge is 0.312 e. The number of halogens is 1. The Labute approximate surface area is 91.3 Å². The molecule has 0 bridgehead atoms. The summed E-state index contributed by atoms with van der Waals surface area (Å²) in [4.78, 5) is 2.56. The Kier molecular flexibility index (Phi) is 3.85. The molecule has 14 heavy (non-hydrogen) atoms. The smallest absolute Gasteiger partial charge is 0.0253 e. The minimum Gasteiger partial charge on any atom is -0.312 e. The van der Waals surface area contributed by atoms with Gasteiger partial charge in [0.05, 0.1) is 0 Å². The van der Waals surface area contributed by atoms with Gasteiger partial charge in [-0.25, -0.2) is 0 Å². The Balaban J connectivity index is 1.88. The molecule has 2 rings (SSSR count). The lowest BCUT2D eigenvalue weighted by molar-refractivity contribution is 0.235. The molecule has 0 saturated carbocycles. The van der Waals surface area contributed by atoms with E-state index in [1.165, 1.54) is 38.8 Å². The highest BCUT2D eigenvalue weighted by Crippen LogP contribution is 2.24. The molecule has 2 atom stereocenters. The molecule has 0 radical (unpaired) electrons. The molecular formula is C11H19ClN2. The highest BCUT2D eigenvalue weighted by atomic mass is 35.5. The summed E-state index contributed by atoms with van der Waals surface area (Å²) >= 11 is 5.56. The van der Waals surface area contributed by atoms with Crippen LogP contribution >= 0.6 is 11.6 Å². The van der Waals surface area contributed by atoms with Gasteiger partial charge >= 0.3 is 0 Å². The van der Waals surface area contributed by atoms with E-state index in [9.17, 15) is 0 Å². The van der Waals surface area contributed by atoms with Crippen molar-refractivity contribution in [2.45, 2.75) is 37.8 Å². The Morgan fingerprint density at radius 3 is 3.00 bits per heavy atom. The Morgan fingerprint density at radius 1 is 1.36 bits per heavy atom. The molecule has 2 aliphatic rings. The topological polar surface area (TPSA) is 15.3 Å². The van der Waals surface area contributed by atoms with Crippen LogP contribution in [0.2, 0.25) is 0 Å². The molecule has 2 nitrogen and oxygen atoms in total. The predicted molar refractivity (Wildman–Crippen MR) is 60.6 cm³/mol. The van der Waals surface area contributed by atoms with Crippen molar-refractivity contribution in [3.8, 4) is 0 Å². The molecule has 0 aromatic heterocycles. The zero-order valence-electron chi connectivity index (χ0n) is 8.58. The quantitative estimate of drug-likeness (QED) is 0.773. The zero-order valence-corrected chi connectivity index (χ0v) is 9.34. The van der Waals surface area contributed by atoms with Crippen LogP contribution in [0.5, 0.6) is 0 Å². The second-order valence-corrected chi connectivity index (χ2v) is 4.52. The number of rotatable bonds is 3. The lowest BCUT2D eigenvalue weighted by atomic mass is 10.0. The van der Waals surface area contributed by atoms with Gasteiger partial charge in [-0.2, -0.15) is 0 Å². The lowest BCUT2D eigenvalue weighted by Crippen LogP contribution is -2.43. The van der Waals surface area contributed by atoms with E-state index in [2.05, 4.69) is 16.3 Å². The Hall–Kier alpha value is -0.0500. The molecule has 2 unspecified atom stereocenters. The van der Waals surface area contributed by atoms with Gasteiger partial charge in [-0.3, -0.25) is 4.90 Å². The molecule has 2 aliphatic heterocycles. The standard InChI is InChI=1S/C11H19ClN2/c12-6-3-9-14-8-2-5-11(14)10-4-1-7-13-10/h3,6,10-11,13H,1-2,4-5,7-9H2/b6-3+. The monoisotopic (exact) mass is 214 g/mol. The van der Waals surface area contributed by atoms with Crippen molar-refractivity contribution in [1.29, 1.82) is 0 Å².